The Balaban J connectivity index is 2.15. The average molecular weight is 266 g/mol. The summed E-state index contributed by atoms with van der Waals surface area (Å²) in [6.45, 7) is 0.448. The number of piperidine rings is 1. The van der Waals surface area contributed by atoms with Crippen LogP contribution in [0.15, 0.2) is 12.4 Å². The normalized spacial score (nSPS) is 21.2. The number of carboxylic acid groups (broad SMARTS) is 1. The van der Waals surface area contributed by atoms with Gasteiger partial charge in [-0.05, 0) is 19.3 Å². The van der Waals surface area contributed by atoms with Crippen molar-refractivity contribution in [1.82, 2.24) is 14.7 Å². The predicted molar refractivity (Wildman–Crippen MR) is 67.1 cm³/mol. The van der Waals surface area contributed by atoms with E-state index in [2.05, 4.69) is 5.10 Å². The molecule has 2 heterocycles. The second kappa shape index (κ2) is 5.40. The highest BCUT2D eigenvalue weighted by atomic mass is 16.4. The topological polar surface area (TPSA) is 101 Å². The number of hydrogen-bond acceptors (Lipinski definition) is 4. The fourth-order valence-electron chi connectivity index (χ4n) is 2.37. The second-order valence-corrected chi connectivity index (χ2v) is 4.81. The van der Waals surface area contributed by atoms with Crippen LogP contribution in [0.5, 0.6) is 0 Å². The van der Waals surface area contributed by atoms with Crippen molar-refractivity contribution in [3.63, 3.8) is 0 Å². The first-order valence-electron chi connectivity index (χ1n) is 6.28. The van der Waals surface area contributed by atoms with Gasteiger partial charge in [0.05, 0.1) is 6.20 Å². The van der Waals surface area contributed by atoms with E-state index in [-0.39, 0.29) is 5.91 Å². The number of carbonyl (C=O) groups is 2. The van der Waals surface area contributed by atoms with Gasteiger partial charge in [0.1, 0.15) is 12.1 Å². The number of aliphatic carboxylic acids is 1. The van der Waals surface area contributed by atoms with Crippen LogP contribution in [0.3, 0.4) is 0 Å². The summed E-state index contributed by atoms with van der Waals surface area (Å²) >= 11 is 0. The maximum absolute atomic E-state index is 12.3. The van der Waals surface area contributed by atoms with E-state index in [1.54, 1.807) is 17.9 Å². The van der Waals surface area contributed by atoms with Crippen molar-refractivity contribution >= 4 is 11.9 Å². The van der Waals surface area contributed by atoms with Crippen LogP contribution in [-0.2, 0) is 16.6 Å². The molecule has 0 saturated carbocycles. The van der Waals surface area contributed by atoms with Crippen LogP contribution in [0.1, 0.15) is 30.9 Å². The standard InChI is InChI=1S/C12H18N4O3/c1-15-7-8(6-14-15)10(13)11(17)16-5-3-2-4-9(16)12(18)19/h6-7,9-10H,2-5,13H2,1H3,(H,18,19)/t9-,10?/m0/s1. The highest BCUT2D eigenvalue weighted by Gasteiger charge is 2.34. The van der Waals surface area contributed by atoms with E-state index in [9.17, 15) is 9.59 Å². The molecule has 1 aliphatic heterocycles. The molecule has 19 heavy (non-hydrogen) atoms. The van der Waals surface area contributed by atoms with Gasteiger partial charge in [-0.15, -0.1) is 0 Å². The van der Waals surface area contributed by atoms with E-state index in [1.807, 2.05) is 0 Å². The molecule has 1 aliphatic rings. The molecule has 7 nitrogen and oxygen atoms in total. The Labute approximate surface area is 111 Å². The Morgan fingerprint density at radius 2 is 2.26 bits per heavy atom. The van der Waals surface area contributed by atoms with Crippen molar-refractivity contribution < 1.29 is 14.7 Å². The van der Waals surface area contributed by atoms with Gasteiger partial charge < -0.3 is 15.7 Å². The molecule has 1 aromatic heterocycles. The molecule has 0 radical (unpaired) electrons. The van der Waals surface area contributed by atoms with Crippen molar-refractivity contribution in [2.75, 3.05) is 6.54 Å². The molecule has 7 heteroatoms. The zero-order valence-corrected chi connectivity index (χ0v) is 10.8. The molecule has 1 fully saturated rings. The quantitative estimate of drug-likeness (QED) is 0.794. The molecule has 1 saturated heterocycles. The highest BCUT2D eigenvalue weighted by Crippen LogP contribution is 2.21. The minimum Gasteiger partial charge on any atom is -0.480 e. The van der Waals surface area contributed by atoms with Crippen molar-refractivity contribution in [1.29, 1.82) is 0 Å². The lowest BCUT2D eigenvalue weighted by Gasteiger charge is -2.34. The van der Waals surface area contributed by atoms with Gasteiger partial charge in [0, 0.05) is 25.4 Å². The molecule has 1 amide bonds. The van der Waals surface area contributed by atoms with Gasteiger partial charge in [-0.1, -0.05) is 0 Å². The molecule has 104 valence electrons. The Kier molecular flexibility index (Phi) is 3.84. The smallest absolute Gasteiger partial charge is 0.326 e. The molecule has 3 N–H and O–H groups in total. The zero-order valence-electron chi connectivity index (χ0n) is 10.8. The second-order valence-electron chi connectivity index (χ2n) is 4.81. The first kappa shape index (κ1) is 13.5. The Morgan fingerprint density at radius 1 is 1.53 bits per heavy atom. The number of aromatic nitrogens is 2. The summed E-state index contributed by atoms with van der Waals surface area (Å²) in [6.07, 6.45) is 5.32. The molecule has 0 aliphatic carbocycles. The van der Waals surface area contributed by atoms with Crippen molar-refractivity contribution in [2.24, 2.45) is 12.8 Å². The maximum Gasteiger partial charge on any atom is 0.326 e. The SMILES string of the molecule is Cn1cc(C(N)C(=O)N2CCCC[C@H]2C(=O)O)cn1. The van der Waals surface area contributed by atoms with Crippen LogP contribution in [0, 0.1) is 0 Å². The number of carboxylic acids is 1. The Hall–Kier alpha value is -1.89. The third-order valence-corrected chi connectivity index (χ3v) is 3.42. The summed E-state index contributed by atoms with van der Waals surface area (Å²) in [7, 11) is 1.74. The number of nitrogens with two attached hydrogens (primary N) is 1. The number of amides is 1. The van der Waals surface area contributed by atoms with E-state index in [1.165, 1.54) is 11.1 Å². The number of aryl methyl sites for hydroxylation is 1. The van der Waals surface area contributed by atoms with Crippen molar-refractivity contribution in [2.45, 2.75) is 31.3 Å². The van der Waals surface area contributed by atoms with Crippen LogP contribution in [-0.4, -0.2) is 44.3 Å². The van der Waals surface area contributed by atoms with Crippen molar-refractivity contribution in [3.05, 3.63) is 18.0 Å². The molecule has 2 atom stereocenters. The van der Waals surface area contributed by atoms with E-state index in [0.29, 0.717) is 18.5 Å². The van der Waals surface area contributed by atoms with E-state index < -0.39 is 18.1 Å². The van der Waals surface area contributed by atoms with E-state index >= 15 is 0 Å². The summed E-state index contributed by atoms with van der Waals surface area (Å²) in [6, 6.07) is -1.61. The average Bonchev–Trinajstić information content (AvgIpc) is 2.83. The third kappa shape index (κ3) is 2.76. The van der Waals surface area contributed by atoms with Gasteiger partial charge >= 0.3 is 5.97 Å². The zero-order chi connectivity index (χ0) is 14.0. The first-order chi connectivity index (χ1) is 9.00. The first-order valence-corrected chi connectivity index (χ1v) is 6.28. The van der Waals surface area contributed by atoms with Crippen LogP contribution >= 0.6 is 0 Å². The fraction of sp³-hybridized carbons (Fsp3) is 0.583. The summed E-state index contributed by atoms with van der Waals surface area (Å²) in [5.41, 5.74) is 6.51. The van der Waals surface area contributed by atoms with Gasteiger partial charge in [-0.2, -0.15) is 5.10 Å². The summed E-state index contributed by atoms with van der Waals surface area (Å²) < 4.78 is 1.56. The number of rotatable bonds is 3. The minimum absolute atomic E-state index is 0.347. The molecule has 1 unspecified atom stereocenters. The van der Waals surface area contributed by atoms with Crippen LogP contribution in [0.2, 0.25) is 0 Å². The number of nitrogens with zero attached hydrogens (tertiary/aromatic N) is 3. The molecule has 0 aromatic carbocycles. The molecule has 2 rings (SSSR count). The van der Waals surface area contributed by atoms with Gasteiger partial charge in [0.15, 0.2) is 0 Å². The predicted octanol–water partition coefficient (Wildman–Crippen LogP) is -0.114. The lowest BCUT2D eigenvalue weighted by molar-refractivity contribution is -0.152. The van der Waals surface area contributed by atoms with Gasteiger partial charge in [0.2, 0.25) is 5.91 Å². The molecular formula is C12H18N4O3. The third-order valence-electron chi connectivity index (χ3n) is 3.42. The van der Waals surface area contributed by atoms with E-state index in [0.717, 1.165) is 12.8 Å². The lowest BCUT2D eigenvalue weighted by atomic mass is 10.00. The van der Waals surface area contributed by atoms with Gasteiger partial charge in [-0.3, -0.25) is 9.48 Å². The van der Waals surface area contributed by atoms with Crippen molar-refractivity contribution in [3.8, 4) is 0 Å². The number of hydrogen-bond donors (Lipinski definition) is 2. The Bertz CT molecular complexity index is 485. The molecular weight excluding hydrogens is 248 g/mol. The summed E-state index contributed by atoms with van der Waals surface area (Å²) in [5, 5.41) is 13.1. The number of likely N-dealkylation sites (tertiary alicyclic amines) is 1. The maximum atomic E-state index is 12.3. The lowest BCUT2D eigenvalue weighted by Crippen LogP contribution is -2.50. The molecule has 0 bridgehead atoms. The monoisotopic (exact) mass is 266 g/mol. The summed E-state index contributed by atoms with van der Waals surface area (Å²) in [5.74, 6) is -1.31. The summed E-state index contributed by atoms with van der Waals surface area (Å²) in [4.78, 5) is 24.9. The fourth-order valence-corrected chi connectivity index (χ4v) is 2.37. The highest BCUT2D eigenvalue weighted by molar-refractivity contribution is 5.87. The molecule has 0 spiro atoms. The van der Waals surface area contributed by atoms with Gasteiger partial charge in [0.25, 0.3) is 0 Å². The molecule has 1 aromatic rings. The number of carbonyl (C=O) groups excluding carboxylic acids is 1. The van der Waals surface area contributed by atoms with E-state index in [4.69, 9.17) is 10.8 Å². The largest absolute Gasteiger partial charge is 0.480 e. The van der Waals surface area contributed by atoms with Crippen LogP contribution in [0.25, 0.3) is 0 Å². The van der Waals surface area contributed by atoms with Crippen LogP contribution in [0.4, 0.5) is 0 Å². The Morgan fingerprint density at radius 3 is 2.84 bits per heavy atom. The minimum atomic E-state index is -0.966. The van der Waals surface area contributed by atoms with Crippen LogP contribution < -0.4 is 5.73 Å². The van der Waals surface area contributed by atoms with Gasteiger partial charge in [-0.25, -0.2) is 4.79 Å².